The van der Waals surface area contributed by atoms with Crippen LogP contribution in [0.5, 0.6) is 0 Å². The lowest BCUT2D eigenvalue weighted by atomic mass is 10.7. The van der Waals surface area contributed by atoms with Crippen LogP contribution in [0.15, 0.2) is 0 Å². The minimum atomic E-state index is -3.01. The molecule has 8 heavy (non-hydrogen) atoms. The van der Waals surface area contributed by atoms with Crippen LogP contribution < -0.4 is 10.8 Å². The van der Waals surface area contributed by atoms with E-state index in [1.54, 1.807) is 0 Å². The summed E-state index contributed by atoms with van der Waals surface area (Å²) in [5.74, 6) is 0. The highest BCUT2D eigenvalue weighted by Crippen LogP contribution is 2.27. The molecule has 0 aliphatic rings. The van der Waals surface area contributed by atoms with Gasteiger partial charge in [0.2, 0.25) is 0 Å². The molecule has 5 heteroatoms. The molecular weight excluding hydrogens is 127 g/mol. The van der Waals surface area contributed by atoms with Gasteiger partial charge in [0, 0.05) is 19.8 Å². The molecule has 4 N–H and O–H groups in total. The van der Waals surface area contributed by atoms with Crippen molar-refractivity contribution in [3.8, 4) is 0 Å². The van der Waals surface area contributed by atoms with Gasteiger partial charge in [-0.1, -0.05) is 0 Å². The summed E-state index contributed by atoms with van der Waals surface area (Å²) in [6.45, 7) is 2.02. The zero-order valence-electron chi connectivity index (χ0n) is 4.79. The molecule has 50 valence electrons. The second-order valence-corrected chi connectivity index (χ2v) is 3.65. The van der Waals surface area contributed by atoms with Crippen molar-refractivity contribution in [1.82, 2.24) is 5.09 Å². The molecule has 0 aliphatic heterocycles. The maximum atomic E-state index is 10.4. The summed E-state index contributed by atoms with van der Waals surface area (Å²) >= 11 is 0. The van der Waals surface area contributed by atoms with E-state index in [0.29, 0.717) is 13.1 Å². The lowest BCUT2D eigenvalue weighted by Crippen LogP contribution is -2.19. The zero-order chi connectivity index (χ0) is 6.62. The number of hydrogen-bond donors (Lipinski definition) is 3. The van der Waals surface area contributed by atoms with Crippen LogP contribution in [0.2, 0.25) is 0 Å². The average Bonchev–Trinajstić information content (AvgIpc) is 1.59. The second kappa shape index (κ2) is 3.20. The summed E-state index contributed by atoms with van der Waals surface area (Å²) in [7, 11) is -3.01. The first kappa shape index (κ1) is 8.11. The lowest BCUT2D eigenvalue weighted by Gasteiger charge is -2.03. The van der Waals surface area contributed by atoms with Crippen molar-refractivity contribution >= 4 is 7.52 Å². The molecule has 1 atom stereocenters. The van der Waals surface area contributed by atoms with Crippen LogP contribution in [0.4, 0.5) is 0 Å². The van der Waals surface area contributed by atoms with Crippen molar-refractivity contribution in [1.29, 1.82) is 0 Å². The first-order valence-corrected chi connectivity index (χ1v) is 4.42. The number of nitrogens with two attached hydrogens (primary N) is 1. The molecule has 0 aliphatic carbocycles. The van der Waals surface area contributed by atoms with Gasteiger partial charge < -0.3 is 10.6 Å². The standard InChI is InChI=1S/C3H11N2O2P/c1-8(6,7)5-3-2-4/h2-4H2,1H3,(H2,5,6,7). The fourth-order valence-electron chi connectivity index (χ4n) is 0.272. The van der Waals surface area contributed by atoms with Crippen LogP contribution in [0.1, 0.15) is 0 Å². The van der Waals surface area contributed by atoms with E-state index in [1.165, 1.54) is 6.66 Å². The SMILES string of the molecule is CP(=O)(O)NCCN. The van der Waals surface area contributed by atoms with Gasteiger partial charge in [0.25, 0.3) is 7.52 Å². The van der Waals surface area contributed by atoms with Gasteiger partial charge >= 0.3 is 0 Å². The summed E-state index contributed by atoms with van der Waals surface area (Å²) in [5, 5.41) is 2.36. The van der Waals surface area contributed by atoms with Gasteiger partial charge in [-0.25, -0.2) is 5.09 Å². The Bertz CT molecular complexity index is 99.5. The maximum absolute atomic E-state index is 10.4. The van der Waals surface area contributed by atoms with Gasteiger partial charge in [0.1, 0.15) is 0 Å². The Balaban J connectivity index is 3.26. The molecule has 0 fully saturated rings. The molecule has 0 aromatic heterocycles. The summed E-state index contributed by atoms with van der Waals surface area (Å²) in [6, 6.07) is 0. The Kier molecular flexibility index (Phi) is 3.24. The highest BCUT2D eigenvalue weighted by molar-refractivity contribution is 7.54. The monoisotopic (exact) mass is 138 g/mol. The minimum absolute atomic E-state index is 0.387. The Morgan fingerprint density at radius 1 is 1.88 bits per heavy atom. The fraction of sp³-hybridized carbons (Fsp3) is 1.00. The molecule has 0 amide bonds. The van der Waals surface area contributed by atoms with Gasteiger partial charge in [-0.15, -0.1) is 0 Å². The lowest BCUT2D eigenvalue weighted by molar-refractivity contribution is 0.471. The van der Waals surface area contributed by atoms with Gasteiger partial charge in [0.05, 0.1) is 0 Å². The first-order chi connectivity index (χ1) is 3.56. The predicted molar refractivity (Wildman–Crippen MR) is 32.8 cm³/mol. The summed E-state index contributed by atoms with van der Waals surface area (Å²) in [6.07, 6.45) is 0. The highest BCUT2D eigenvalue weighted by atomic mass is 31.2. The van der Waals surface area contributed by atoms with E-state index >= 15 is 0 Å². The van der Waals surface area contributed by atoms with Crippen molar-refractivity contribution in [3.05, 3.63) is 0 Å². The fourth-order valence-corrected chi connectivity index (χ4v) is 0.816. The van der Waals surface area contributed by atoms with Crippen molar-refractivity contribution < 1.29 is 9.46 Å². The van der Waals surface area contributed by atoms with Crippen LogP contribution in [0, 0.1) is 0 Å². The molecule has 4 nitrogen and oxygen atoms in total. The topological polar surface area (TPSA) is 75.3 Å². The van der Waals surface area contributed by atoms with E-state index in [1.807, 2.05) is 0 Å². The molecule has 0 spiro atoms. The third-order valence-electron chi connectivity index (χ3n) is 0.550. The molecule has 0 radical (unpaired) electrons. The Morgan fingerprint density at radius 3 is 2.50 bits per heavy atom. The Hall–Kier alpha value is 0.110. The Labute approximate surface area is 48.6 Å². The van der Waals surface area contributed by atoms with E-state index in [2.05, 4.69) is 5.09 Å². The minimum Gasteiger partial charge on any atom is -0.333 e. The second-order valence-electron chi connectivity index (χ2n) is 1.58. The molecule has 0 heterocycles. The predicted octanol–water partition coefficient (Wildman–Crippen LogP) is -0.650. The van der Waals surface area contributed by atoms with Gasteiger partial charge in [-0.2, -0.15) is 0 Å². The first-order valence-electron chi connectivity index (χ1n) is 2.32. The van der Waals surface area contributed by atoms with Crippen molar-refractivity contribution in [2.45, 2.75) is 0 Å². The summed E-state index contributed by atoms with van der Waals surface area (Å²) < 4.78 is 10.4. The third kappa shape index (κ3) is 6.11. The molecule has 0 aromatic rings. The number of nitrogens with one attached hydrogen (secondary N) is 1. The van der Waals surface area contributed by atoms with Crippen LogP contribution in [0.25, 0.3) is 0 Å². The van der Waals surface area contributed by atoms with E-state index in [9.17, 15) is 4.57 Å². The molecule has 0 aromatic carbocycles. The van der Waals surface area contributed by atoms with Gasteiger partial charge in [-0.3, -0.25) is 4.57 Å². The van der Waals surface area contributed by atoms with E-state index in [4.69, 9.17) is 10.6 Å². The quantitative estimate of drug-likeness (QED) is 0.453. The normalized spacial score (nSPS) is 17.9. The molecule has 0 bridgehead atoms. The smallest absolute Gasteiger partial charge is 0.264 e. The molecule has 1 unspecified atom stereocenters. The largest absolute Gasteiger partial charge is 0.333 e. The average molecular weight is 138 g/mol. The number of hydrogen-bond acceptors (Lipinski definition) is 2. The van der Waals surface area contributed by atoms with E-state index in [0.717, 1.165) is 0 Å². The summed E-state index contributed by atoms with van der Waals surface area (Å²) in [5.41, 5.74) is 5.04. The zero-order valence-corrected chi connectivity index (χ0v) is 5.69. The Morgan fingerprint density at radius 2 is 2.38 bits per heavy atom. The van der Waals surface area contributed by atoms with Crippen molar-refractivity contribution in [2.75, 3.05) is 19.8 Å². The highest BCUT2D eigenvalue weighted by Gasteiger charge is 2.04. The van der Waals surface area contributed by atoms with Gasteiger partial charge in [0.15, 0.2) is 0 Å². The van der Waals surface area contributed by atoms with Crippen molar-refractivity contribution in [2.24, 2.45) is 5.73 Å². The van der Waals surface area contributed by atoms with Gasteiger partial charge in [-0.05, 0) is 0 Å². The van der Waals surface area contributed by atoms with Crippen LogP contribution in [-0.4, -0.2) is 24.6 Å². The van der Waals surface area contributed by atoms with Crippen LogP contribution >= 0.6 is 7.52 Å². The molecule has 0 saturated carbocycles. The molecule has 0 saturated heterocycles. The summed E-state index contributed by atoms with van der Waals surface area (Å²) in [4.78, 5) is 8.54. The third-order valence-corrected chi connectivity index (χ3v) is 1.36. The van der Waals surface area contributed by atoms with Crippen LogP contribution in [0.3, 0.4) is 0 Å². The van der Waals surface area contributed by atoms with E-state index in [-0.39, 0.29) is 0 Å². The number of rotatable bonds is 3. The molecule has 0 rings (SSSR count). The van der Waals surface area contributed by atoms with Crippen molar-refractivity contribution in [3.63, 3.8) is 0 Å². The molecular formula is C3H11N2O2P. The van der Waals surface area contributed by atoms with Crippen LogP contribution in [-0.2, 0) is 4.57 Å². The maximum Gasteiger partial charge on any atom is 0.264 e. The van der Waals surface area contributed by atoms with E-state index < -0.39 is 7.52 Å².